The Bertz CT molecular complexity index is 548. The van der Waals surface area contributed by atoms with Crippen molar-refractivity contribution in [3.8, 4) is 0 Å². The van der Waals surface area contributed by atoms with E-state index in [9.17, 15) is 4.79 Å². The summed E-state index contributed by atoms with van der Waals surface area (Å²) in [6.07, 6.45) is 0. The molecule has 0 radical (unpaired) electrons. The zero-order valence-electron chi connectivity index (χ0n) is 9.47. The molecule has 0 bridgehead atoms. The summed E-state index contributed by atoms with van der Waals surface area (Å²) in [4.78, 5) is 15.6. The highest BCUT2D eigenvalue weighted by Gasteiger charge is 2.08. The van der Waals surface area contributed by atoms with Crippen LogP contribution < -0.4 is 4.90 Å². The fourth-order valence-corrected chi connectivity index (χ4v) is 1.75. The molecule has 1 heterocycles. The van der Waals surface area contributed by atoms with Gasteiger partial charge >= 0.3 is 5.97 Å². The van der Waals surface area contributed by atoms with Crippen molar-refractivity contribution in [2.45, 2.75) is 0 Å². The fourth-order valence-electron chi connectivity index (χ4n) is 1.75. The second-order valence-corrected chi connectivity index (χ2v) is 3.90. The number of aromatic nitrogens is 1. The van der Waals surface area contributed by atoms with E-state index in [1.807, 2.05) is 30.1 Å². The first-order chi connectivity index (χ1) is 8.11. The molecule has 0 atom stereocenters. The van der Waals surface area contributed by atoms with Crippen LogP contribution in [-0.4, -0.2) is 41.4 Å². The average Bonchev–Trinajstić information content (AvgIpc) is 2.71. The number of H-pyrrole nitrogens is 1. The lowest BCUT2D eigenvalue weighted by molar-refractivity contribution is 0.0691. The number of aromatic carboxylic acids is 1. The molecule has 90 valence electrons. The molecule has 0 spiro atoms. The molecule has 5 heteroatoms. The molecular weight excluding hydrogens is 220 g/mol. The molecule has 0 amide bonds. The number of carbonyl (C=O) groups is 1. The van der Waals surface area contributed by atoms with Crippen LogP contribution in [-0.2, 0) is 0 Å². The number of benzene rings is 1. The highest BCUT2D eigenvalue weighted by Crippen LogP contribution is 2.22. The number of aliphatic hydroxyl groups excluding tert-OH is 1. The van der Waals surface area contributed by atoms with Gasteiger partial charge in [0.05, 0.1) is 6.61 Å². The summed E-state index contributed by atoms with van der Waals surface area (Å²) >= 11 is 0. The van der Waals surface area contributed by atoms with Crippen molar-refractivity contribution in [1.29, 1.82) is 0 Å². The number of nitrogens with zero attached hydrogens (tertiary/aromatic N) is 1. The van der Waals surface area contributed by atoms with Crippen molar-refractivity contribution in [3.63, 3.8) is 0 Å². The van der Waals surface area contributed by atoms with Crippen LogP contribution in [0.5, 0.6) is 0 Å². The second kappa shape index (κ2) is 4.47. The molecule has 0 aliphatic carbocycles. The summed E-state index contributed by atoms with van der Waals surface area (Å²) in [5, 5.41) is 18.6. The van der Waals surface area contributed by atoms with Gasteiger partial charge in [0.2, 0.25) is 0 Å². The first kappa shape index (κ1) is 11.5. The number of fused-ring (bicyclic) bond motifs is 1. The van der Waals surface area contributed by atoms with Crippen molar-refractivity contribution in [3.05, 3.63) is 30.0 Å². The zero-order chi connectivity index (χ0) is 12.4. The topological polar surface area (TPSA) is 76.6 Å². The van der Waals surface area contributed by atoms with Crippen LogP contribution >= 0.6 is 0 Å². The Morgan fingerprint density at radius 3 is 2.82 bits per heavy atom. The summed E-state index contributed by atoms with van der Waals surface area (Å²) < 4.78 is 0. The SMILES string of the molecule is CN(CCO)c1ccc2[nH]c(C(=O)O)cc2c1. The quantitative estimate of drug-likeness (QED) is 0.745. The lowest BCUT2D eigenvalue weighted by Crippen LogP contribution is -2.20. The van der Waals surface area contributed by atoms with Gasteiger partial charge in [0.25, 0.3) is 0 Å². The smallest absolute Gasteiger partial charge is 0.352 e. The number of likely N-dealkylation sites (N-methyl/N-ethyl adjacent to an activating group) is 1. The largest absolute Gasteiger partial charge is 0.477 e. The predicted octanol–water partition coefficient (Wildman–Crippen LogP) is 1.29. The Morgan fingerprint density at radius 1 is 1.41 bits per heavy atom. The maximum absolute atomic E-state index is 10.8. The van der Waals surface area contributed by atoms with Crippen molar-refractivity contribution in [1.82, 2.24) is 4.98 Å². The lowest BCUT2D eigenvalue weighted by Gasteiger charge is -2.17. The van der Waals surface area contributed by atoms with E-state index in [1.54, 1.807) is 6.07 Å². The molecule has 2 rings (SSSR count). The highest BCUT2D eigenvalue weighted by molar-refractivity contribution is 5.94. The number of carboxylic acid groups (broad SMARTS) is 1. The number of hydrogen-bond donors (Lipinski definition) is 3. The maximum Gasteiger partial charge on any atom is 0.352 e. The van der Waals surface area contributed by atoms with E-state index in [-0.39, 0.29) is 12.3 Å². The van der Waals surface area contributed by atoms with Crippen LogP contribution in [0.25, 0.3) is 10.9 Å². The number of nitrogens with one attached hydrogen (secondary N) is 1. The van der Waals surface area contributed by atoms with E-state index in [2.05, 4.69) is 4.98 Å². The molecule has 1 aromatic carbocycles. The maximum atomic E-state index is 10.8. The molecule has 0 saturated carbocycles. The third-order valence-corrected chi connectivity index (χ3v) is 2.71. The number of hydrogen-bond acceptors (Lipinski definition) is 3. The first-order valence-electron chi connectivity index (χ1n) is 5.30. The molecular formula is C12H14N2O3. The predicted molar refractivity (Wildman–Crippen MR) is 65.6 cm³/mol. The normalized spacial score (nSPS) is 10.7. The minimum Gasteiger partial charge on any atom is -0.477 e. The number of aromatic amines is 1. The van der Waals surface area contributed by atoms with Crippen LogP contribution in [0.15, 0.2) is 24.3 Å². The molecule has 3 N–H and O–H groups in total. The van der Waals surface area contributed by atoms with Crippen LogP contribution in [0.4, 0.5) is 5.69 Å². The molecule has 0 saturated heterocycles. The van der Waals surface area contributed by atoms with Gasteiger partial charge in [-0.2, -0.15) is 0 Å². The molecule has 0 aliphatic heterocycles. The van der Waals surface area contributed by atoms with Crippen molar-refractivity contribution in [2.75, 3.05) is 25.1 Å². The van der Waals surface area contributed by atoms with E-state index in [4.69, 9.17) is 10.2 Å². The summed E-state index contributed by atoms with van der Waals surface area (Å²) in [6.45, 7) is 0.629. The van der Waals surface area contributed by atoms with Crippen molar-refractivity contribution < 1.29 is 15.0 Å². The van der Waals surface area contributed by atoms with Crippen molar-refractivity contribution >= 4 is 22.6 Å². The second-order valence-electron chi connectivity index (χ2n) is 3.90. The van der Waals surface area contributed by atoms with Gasteiger partial charge in [0.1, 0.15) is 5.69 Å². The minimum absolute atomic E-state index is 0.0854. The summed E-state index contributed by atoms with van der Waals surface area (Å²) in [6, 6.07) is 7.23. The zero-order valence-corrected chi connectivity index (χ0v) is 9.47. The summed E-state index contributed by atoms with van der Waals surface area (Å²) in [5.74, 6) is -0.966. The summed E-state index contributed by atoms with van der Waals surface area (Å²) in [7, 11) is 1.88. The van der Waals surface area contributed by atoms with Crippen LogP contribution in [0, 0.1) is 0 Å². The number of carboxylic acids is 1. The molecule has 0 aliphatic rings. The van der Waals surface area contributed by atoms with E-state index < -0.39 is 5.97 Å². The van der Waals surface area contributed by atoms with E-state index in [0.29, 0.717) is 6.54 Å². The third kappa shape index (κ3) is 2.24. The summed E-state index contributed by atoms with van der Waals surface area (Å²) in [5.41, 5.74) is 1.92. The number of anilines is 1. The van der Waals surface area contributed by atoms with E-state index >= 15 is 0 Å². The molecule has 5 nitrogen and oxygen atoms in total. The Balaban J connectivity index is 2.39. The van der Waals surface area contributed by atoms with Gasteiger partial charge in [0.15, 0.2) is 0 Å². The van der Waals surface area contributed by atoms with E-state index in [1.165, 1.54) is 0 Å². The van der Waals surface area contributed by atoms with Crippen LogP contribution in [0.1, 0.15) is 10.5 Å². The number of aliphatic hydroxyl groups is 1. The first-order valence-corrected chi connectivity index (χ1v) is 5.30. The molecule has 0 fully saturated rings. The molecule has 0 unspecified atom stereocenters. The van der Waals surface area contributed by atoms with Gasteiger partial charge in [-0.25, -0.2) is 4.79 Å². The molecule has 17 heavy (non-hydrogen) atoms. The van der Waals surface area contributed by atoms with Gasteiger partial charge < -0.3 is 20.1 Å². The highest BCUT2D eigenvalue weighted by atomic mass is 16.4. The Kier molecular flexibility index (Phi) is 3.01. The van der Waals surface area contributed by atoms with Gasteiger partial charge in [-0.05, 0) is 24.3 Å². The average molecular weight is 234 g/mol. The monoisotopic (exact) mass is 234 g/mol. The van der Waals surface area contributed by atoms with Gasteiger partial charge in [-0.1, -0.05) is 0 Å². The van der Waals surface area contributed by atoms with Gasteiger partial charge in [0, 0.05) is 30.2 Å². The van der Waals surface area contributed by atoms with Crippen LogP contribution in [0.2, 0.25) is 0 Å². The molecule has 2 aromatic rings. The third-order valence-electron chi connectivity index (χ3n) is 2.71. The number of rotatable bonds is 4. The lowest BCUT2D eigenvalue weighted by atomic mass is 10.2. The Labute approximate surface area is 98.3 Å². The minimum atomic E-state index is -0.966. The standard InChI is InChI=1S/C12H14N2O3/c1-14(4-5-15)9-2-3-10-8(6-9)7-11(13-10)12(16)17/h2-3,6-7,13,15H,4-5H2,1H3,(H,16,17). The molecule has 1 aromatic heterocycles. The Hall–Kier alpha value is -2.01. The van der Waals surface area contributed by atoms with Gasteiger partial charge in [-0.3, -0.25) is 0 Å². The van der Waals surface area contributed by atoms with Gasteiger partial charge in [-0.15, -0.1) is 0 Å². The Morgan fingerprint density at radius 2 is 2.18 bits per heavy atom. The fraction of sp³-hybridized carbons (Fsp3) is 0.250. The van der Waals surface area contributed by atoms with Crippen molar-refractivity contribution in [2.24, 2.45) is 0 Å². The van der Waals surface area contributed by atoms with E-state index in [0.717, 1.165) is 16.6 Å². The van der Waals surface area contributed by atoms with Crippen LogP contribution in [0.3, 0.4) is 0 Å².